The quantitative estimate of drug-likeness (QED) is 0.432. The van der Waals surface area contributed by atoms with Gasteiger partial charge in [-0.15, -0.1) is 0 Å². The number of carbonyl (C=O) groups excluding carboxylic acids is 1. The van der Waals surface area contributed by atoms with Crippen LogP contribution in [-0.2, 0) is 14.3 Å². The number of rotatable bonds is 13. The Morgan fingerprint density at radius 3 is 1.87 bits per heavy atom. The van der Waals surface area contributed by atoms with Crippen LogP contribution in [0.3, 0.4) is 0 Å². The molecule has 23 heavy (non-hydrogen) atoms. The van der Waals surface area contributed by atoms with Crippen molar-refractivity contribution in [1.29, 1.82) is 0 Å². The maximum Gasteiger partial charge on any atom is 0.138 e. The molecule has 3 nitrogen and oxygen atoms in total. The van der Waals surface area contributed by atoms with E-state index in [1.165, 1.54) is 6.42 Å². The zero-order valence-corrected chi connectivity index (χ0v) is 16.7. The first kappa shape index (κ1) is 22.6. The van der Waals surface area contributed by atoms with Crippen molar-refractivity contribution in [1.82, 2.24) is 0 Å². The number of ether oxygens (including phenoxy) is 2. The molecule has 138 valence electrons. The fourth-order valence-electron chi connectivity index (χ4n) is 2.20. The van der Waals surface area contributed by atoms with Crippen LogP contribution in [-0.4, -0.2) is 32.2 Å². The highest BCUT2D eigenvalue weighted by Gasteiger charge is 2.20. The van der Waals surface area contributed by atoms with Crippen molar-refractivity contribution in [2.75, 3.05) is 26.4 Å². The molecular formula is C20H40O3. The number of unbranched alkanes of at least 4 members (excludes halogenated alkanes) is 1. The molecule has 0 aromatic heterocycles. The van der Waals surface area contributed by atoms with E-state index in [1.54, 1.807) is 0 Å². The third kappa shape index (κ3) is 13.7. The molecule has 0 aliphatic rings. The zero-order chi connectivity index (χ0) is 17.9. The zero-order valence-electron chi connectivity index (χ0n) is 16.7. The number of hydrogen-bond donors (Lipinski definition) is 0. The van der Waals surface area contributed by atoms with Gasteiger partial charge in [-0.2, -0.15) is 0 Å². The first-order chi connectivity index (χ1) is 10.5. The smallest absolute Gasteiger partial charge is 0.138 e. The van der Waals surface area contributed by atoms with Gasteiger partial charge in [-0.1, -0.05) is 48.5 Å². The second-order valence-electron chi connectivity index (χ2n) is 8.94. The minimum absolute atomic E-state index is 0.0546. The Morgan fingerprint density at radius 2 is 1.39 bits per heavy atom. The van der Waals surface area contributed by atoms with Crippen LogP contribution in [0.5, 0.6) is 0 Å². The largest absolute Gasteiger partial charge is 0.381 e. The third-order valence-corrected chi connectivity index (χ3v) is 3.83. The maximum absolute atomic E-state index is 11.8. The summed E-state index contributed by atoms with van der Waals surface area (Å²) in [6, 6.07) is 0. The molecule has 0 atom stereocenters. The molecule has 0 unspecified atom stereocenters. The predicted octanol–water partition coefficient (Wildman–Crippen LogP) is 5.27. The summed E-state index contributed by atoms with van der Waals surface area (Å²) in [4.78, 5) is 11.8. The van der Waals surface area contributed by atoms with Gasteiger partial charge in [-0.3, -0.25) is 4.79 Å². The minimum atomic E-state index is -0.213. The molecule has 0 aliphatic heterocycles. The summed E-state index contributed by atoms with van der Waals surface area (Å²) in [7, 11) is 0. The van der Waals surface area contributed by atoms with Crippen LogP contribution in [0.2, 0.25) is 0 Å². The SMILES string of the molecule is CC(C)CCCOCC(C)(C)COCCCCC(=O)C(C)(C)C. The van der Waals surface area contributed by atoms with Gasteiger partial charge in [0.2, 0.25) is 0 Å². The van der Waals surface area contributed by atoms with Gasteiger partial charge in [0.05, 0.1) is 13.2 Å². The molecule has 0 saturated carbocycles. The summed E-state index contributed by atoms with van der Waals surface area (Å²) in [6.45, 7) is 17.8. The van der Waals surface area contributed by atoms with Gasteiger partial charge >= 0.3 is 0 Å². The van der Waals surface area contributed by atoms with Gasteiger partial charge in [-0.25, -0.2) is 0 Å². The molecule has 0 heterocycles. The highest BCUT2D eigenvalue weighted by molar-refractivity contribution is 5.83. The van der Waals surface area contributed by atoms with Gasteiger partial charge < -0.3 is 9.47 Å². The highest BCUT2D eigenvalue weighted by atomic mass is 16.5. The summed E-state index contributed by atoms with van der Waals surface area (Å²) in [5, 5.41) is 0. The Bertz CT molecular complexity index is 313. The van der Waals surface area contributed by atoms with Crippen LogP contribution in [0, 0.1) is 16.7 Å². The Morgan fingerprint density at radius 1 is 0.870 bits per heavy atom. The van der Waals surface area contributed by atoms with E-state index < -0.39 is 0 Å². The third-order valence-electron chi connectivity index (χ3n) is 3.83. The van der Waals surface area contributed by atoms with Gasteiger partial charge in [0.1, 0.15) is 5.78 Å². The molecule has 0 bridgehead atoms. The highest BCUT2D eigenvalue weighted by Crippen LogP contribution is 2.19. The van der Waals surface area contributed by atoms with Crippen LogP contribution in [0.1, 0.15) is 80.6 Å². The minimum Gasteiger partial charge on any atom is -0.381 e. The number of carbonyl (C=O) groups is 1. The van der Waals surface area contributed by atoms with Crippen molar-refractivity contribution in [2.45, 2.75) is 80.6 Å². The average Bonchev–Trinajstić information content (AvgIpc) is 2.40. The van der Waals surface area contributed by atoms with Crippen molar-refractivity contribution in [2.24, 2.45) is 16.7 Å². The molecule has 0 rings (SSSR count). The standard InChI is InChI=1S/C20H40O3/c1-17(2)11-10-14-23-16-20(6,7)15-22-13-9-8-12-18(21)19(3,4)5/h17H,8-16H2,1-7H3. The Hall–Kier alpha value is -0.410. The van der Waals surface area contributed by atoms with Crippen molar-refractivity contribution >= 4 is 5.78 Å². The van der Waals surface area contributed by atoms with E-state index >= 15 is 0 Å². The lowest BCUT2D eigenvalue weighted by Crippen LogP contribution is -2.26. The number of hydrogen-bond acceptors (Lipinski definition) is 3. The molecule has 0 fully saturated rings. The van der Waals surface area contributed by atoms with Gasteiger partial charge in [0.25, 0.3) is 0 Å². The summed E-state index contributed by atoms with van der Waals surface area (Å²) in [6.07, 6.45) is 4.89. The number of ketones is 1. The van der Waals surface area contributed by atoms with Gasteiger partial charge in [-0.05, 0) is 31.6 Å². The molecule has 0 aromatic carbocycles. The maximum atomic E-state index is 11.8. The van der Waals surface area contributed by atoms with E-state index in [4.69, 9.17) is 9.47 Å². The summed E-state index contributed by atoms with van der Waals surface area (Å²) >= 11 is 0. The normalized spacial score (nSPS) is 12.9. The van der Waals surface area contributed by atoms with E-state index in [2.05, 4.69) is 27.7 Å². The molecule has 0 saturated heterocycles. The first-order valence-corrected chi connectivity index (χ1v) is 9.23. The van der Waals surface area contributed by atoms with Crippen LogP contribution in [0.25, 0.3) is 0 Å². The second kappa shape index (κ2) is 11.2. The Labute approximate surface area is 144 Å². The van der Waals surface area contributed by atoms with E-state index in [1.807, 2.05) is 20.8 Å². The van der Waals surface area contributed by atoms with Crippen molar-refractivity contribution < 1.29 is 14.3 Å². The van der Waals surface area contributed by atoms with Crippen LogP contribution in [0.15, 0.2) is 0 Å². The molecule has 0 spiro atoms. The Kier molecular flexibility index (Phi) is 11.0. The summed E-state index contributed by atoms with van der Waals surface area (Å²) < 4.78 is 11.5. The van der Waals surface area contributed by atoms with Crippen molar-refractivity contribution in [3.8, 4) is 0 Å². The fourth-order valence-corrected chi connectivity index (χ4v) is 2.20. The van der Waals surface area contributed by atoms with E-state index in [-0.39, 0.29) is 10.8 Å². The molecule has 0 aliphatic carbocycles. The average molecular weight is 329 g/mol. The van der Waals surface area contributed by atoms with E-state index in [9.17, 15) is 4.79 Å². The molecular weight excluding hydrogens is 288 g/mol. The lowest BCUT2D eigenvalue weighted by atomic mass is 9.88. The molecule has 0 aromatic rings. The van der Waals surface area contributed by atoms with Crippen molar-refractivity contribution in [3.05, 3.63) is 0 Å². The summed E-state index contributed by atoms with van der Waals surface area (Å²) in [5.74, 6) is 1.09. The first-order valence-electron chi connectivity index (χ1n) is 9.23. The molecule has 3 heteroatoms. The lowest BCUT2D eigenvalue weighted by molar-refractivity contribution is -0.126. The van der Waals surface area contributed by atoms with Crippen LogP contribution >= 0.6 is 0 Å². The molecule has 0 N–H and O–H groups in total. The molecule has 0 amide bonds. The fraction of sp³-hybridized carbons (Fsp3) is 0.950. The Balaban J connectivity index is 3.60. The predicted molar refractivity (Wildman–Crippen MR) is 97.8 cm³/mol. The van der Waals surface area contributed by atoms with E-state index in [0.717, 1.165) is 45.0 Å². The van der Waals surface area contributed by atoms with Crippen LogP contribution < -0.4 is 0 Å². The second-order valence-corrected chi connectivity index (χ2v) is 8.94. The lowest BCUT2D eigenvalue weighted by Gasteiger charge is -2.24. The van der Waals surface area contributed by atoms with Crippen molar-refractivity contribution in [3.63, 3.8) is 0 Å². The van der Waals surface area contributed by atoms with Gasteiger partial charge in [0, 0.05) is 30.5 Å². The van der Waals surface area contributed by atoms with Gasteiger partial charge in [0.15, 0.2) is 0 Å². The summed E-state index contributed by atoms with van der Waals surface area (Å²) in [5.41, 5.74) is -0.158. The van der Waals surface area contributed by atoms with Crippen LogP contribution in [0.4, 0.5) is 0 Å². The van der Waals surface area contributed by atoms with E-state index in [0.29, 0.717) is 18.8 Å². The monoisotopic (exact) mass is 328 g/mol. The number of Topliss-reactive ketones (excluding diaryl/α,β-unsaturated/α-hetero) is 1. The molecule has 0 radical (unpaired) electrons. The topological polar surface area (TPSA) is 35.5 Å².